The molecule has 5 heteroatoms. The first kappa shape index (κ1) is 17.0. The van der Waals surface area contributed by atoms with Crippen molar-refractivity contribution in [2.24, 2.45) is 0 Å². The monoisotopic (exact) mass is 315 g/mol. The molecular formula is C15H19Cl2NO2. The molecule has 0 unspecified atom stereocenters. The quantitative estimate of drug-likeness (QED) is 0.833. The van der Waals surface area contributed by atoms with Crippen LogP contribution in [-0.4, -0.2) is 22.2 Å². The number of rotatable bonds is 4. The summed E-state index contributed by atoms with van der Waals surface area (Å²) in [4.78, 5) is 11.9. The minimum atomic E-state index is -1.04. The molecule has 0 aliphatic carbocycles. The van der Waals surface area contributed by atoms with E-state index >= 15 is 0 Å². The molecule has 0 spiro atoms. The van der Waals surface area contributed by atoms with Crippen LogP contribution in [0.4, 0.5) is 0 Å². The minimum Gasteiger partial charge on any atom is -0.388 e. The lowest BCUT2D eigenvalue weighted by Gasteiger charge is -2.37. The van der Waals surface area contributed by atoms with E-state index in [1.807, 2.05) is 0 Å². The Morgan fingerprint density at radius 1 is 1.25 bits per heavy atom. The Morgan fingerprint density at radius 3 is 2.40 bits per heavy atom. The molecule has 1 amide bonds. The van der Waals surface area contributed by atoms with E-state index in [1.54, 1.807) is 52.0 Å². The number of hydrogen-bond donors (Lipinski definition) is 2. The number of aliphatic hydroxyl groups is 1. The molecule has 1 aromatic rings. The lowest BCUT2D eigenvalue weighted by Crippen LogP contribution is -2.57. The van der Waals surface area contributed by atoms with Gasteiger partial charge < -0.3 is 10.4 Å². The van der Waals surface area contributed by atoms with E-state index in [-0.39, 0.29) is 5.91 Å². The van der Waals surface area contributed by atoms with Crippen LogP contribution >= 0.6 is 23.2 Å². The van der Waals surface area contributed by atoms with Crippen molar-refractivity contribution in [2.45, 2.75) is 38.8 Å². The molecular weight excluding hydrogens is 297 g/mol. The predicted molar refractivity (Wildman–Crippen MR) is 84.0 cm³/mol. The summed E-state index contributed by atoms with van der Waals surface area (Å²) in [6.45, 7) is 6.80. The second-order valence-electron chi connectivity index (χ2n) is 5.67. The standard InChI is InChI=1S/C15H19Cl2NO2/c1-14(2,15(3,4)20)18-13(19)8-5-10-9-11(16)6-7-12(10)17/h5-9,20H,1-4H3,(H,18,19)/b8-5+. The summed E-state index contributed by atoms with van der Waals surface area (Å²) in [5.41, 5.74) is -1.13. The predicted octanol–water partition coefficient (Wildman–Crippen LogP) is 3.67. The molecule has 1 aromatic carbocycles. The Morgan fingerprint density at radius 2 is 1.85 bits per heavy atom. The van der Waals surface area contributed by atoms with Gasteiger partial charge in [0.2, 0.25) is 5.91 Å². The molecule has 0 aliphatic heterocycles. The summed E-state index contributed by atoms with van der Waals surface area (Å²) in [6, 6.07) is 5.02. The van der Waals surface area contributed by atoms with Crippen LogP contribution in [0.25, 0.3) is 6.08 Å². The van der Waals surface area contributed by atoms with Crippen LogP contribution in [-0.2, 0) is 4.79 Å². The Labute approximate surface area is 129 Å². The van der Waals surface area contributed by atoms with Gasteiger partial charge in [0, 0.05) is 16.1 Å². The summed E-state index contributed by atoms with van der Waals surface area (Å²) in [7, 11) is 0. The van der Waals surface area contributed by atoms with Gasteiger partial charge in [0.15, 0.2) is 0 Å². The maximum Gasteiger partial charge on any atom is 0.244 e. The van der Waals surface area contributed by atoms with Crippen molar-refractivity contribution < 1.29 is 9.90 Å². The molecule has 110 valence electrons. The first-order chi connectivity index (χ1) is 9.03. The highest BCUT2D eigenvalue weighted by molar-refractivity contribution is 6.34. The average molecular weight is 316 g/mol. The lowest BCUT2D eigenvalue weighted by atomic mass is 9.86. The van der Waals surface area contributed by atoms with Gasteiger partial charge in [-0.25, -0.2) is 0 Å². The van der Waals surface area contributed by atoms with Crippen LogP contribution in [0, 0.1) is 0 Å². The smallest absolute Gasteiger partial charge is 0.244 e. The molecule has 0 fully saturated rings. The zero-order valence-electron chi connectivity index (χ0n) is 12.0. The number of benzene rings is 1. The third kappa shape index (κ3) is 4.51. The molecule has 0 radical (unpaired) electrons. The Bertz CT molecular complexity index is 531. The van der Waals surface area contributed by atoms with E-state index in [4.69, 9.17) is 23.2 Å². The van der Waals surface area contributed by atoms with E-state index in [0.717, 1.165) is 0 Å². The van der Waals surface area contributed by atoms with E-state index in [9.17, 15) is 9.90 Å². The fourth-order valence-electron chi connectivity index (χ4n) is 1.31. The zero-order valence-corrected chi connectivity index (χ0v) is 13.5. The maximum atomic E-state index is 11.9. The number of carbonyl (C=O) groups excluding carboxylic acids is 1. The molecule has 0 bridgehead atoms. The molecule has 1 rings (SSSR count). The summed E-state index contributed by atoms with van der Waals surface area (Å²) >= 11 is 11.9. The second-order valence-corrected chi connectivity index (χ2v) is 6.52. The zero-order chi connectivity index (χ0) is 15.6. The Hall–Kier alpha value is -1.03. The molecule has 20 heavy (non-hydrogen) atoms. The number of carbonyl (C=O) groups is 1. The van der Waals surface area contributed by atoms with Crippen LogP contribution in [0.3, 0.4) is 0 Å². The van der Waals surface area contributed by atoms with Gasteiger partial charge >= 0.3 is 0 Å². The Balaban J connectivity index is 2.81. The minimum absolute atomic E-state index is 0.312. The van der Waals surface area contributed by atoms with Crippen LogP contribution in [0.1, 0.15) is 33.3 Å². The van der Waals surface area contributed by atoms with Crippen molar-refractivity contribution in [3.8, 4) is 0 Å². The summed E-state index contributed by atoms with van der Waals surface area (Å²) in [5.74, 6) is -0.312. The molecule has 0 saturated carbocycles. The second kappa shape index (κ2) is 6.17. The van der Waals surface area contributed by atoms with Gasteiger partial charge in [0.05, 0.1) is 11.1 Å². The lowest BCUT2D eigenvalue weighted by molar-refractivity contribution is -0.121. The largest absolute Gasteiger partial charge is 0.388 e. The maximum absolute atomic E-state index is 11.9. The SMILES string of the molecule is CC(C)(O)C(C)(C)NC(=O)/C=C/c1cc(Cl)ccc1Cl. The number of hydrogen-bond acceptors (Lipinski definition) is 2. The molecule has 0 atom stereocenters. The van der Waals surface area contributed by atoms with Gasteiger partial charge in [-0.05, 0) is 57.5 Å². The summed E-state index contributed by atoms with van der Waals surface area (Å²) in [5, 5.41) is 13.8. The van der Waals surface area contributed by atoms with E-state index in [0.29, 0.717) is 15.6 Å². The van der Waals surface area contributed by atoms with Crippen LogP contribution in [0.5, 0.6) is 0 Å². The number of halogens is 2. The molecule has 2 N–H and O–H groups in total. The number of nitrogens with one attached hydrogen (secondary N) is 1. The van der Waals surface area contributed by atoms with Gasteiger partial charge in [-0.3, -0.25) is 4.79 Å². The summed E-state index contributed by atoms with van der Waals surface area (Å²) in [6.07, 6.45) is 2.95. The van der Waals surface area contributed by atoms with Crippen molar-refractivity contribution in [1.29, 1.82) is 0 Å². The molecule has 0 aromatic heterocycles. The van der Waals surface area contributed by atoms with Gasteiger partial charge in [-0.15, -0.1) is 0 Å². The van der Waals surface area contributed by atoms with E-state index in [1.165, 1.54) is 6.08 Å². The van der Waals surface area contributed by atoms with E-state index < -0.39 is 11.1 Å². The Kier molecular flexibility index (Phi) is 5.25. The van der Waals surface area contributed by atoms with E-state index in [2.05, 4.69) is 5.32 Å². The summed E-state index contributed by atoms with van der Waals surface area (Å²) < 4.78 is 0. The van der Waals surface area contributed by atoms with Gasteiger partial charge in [0.25, 0.3) is 0 Å². The van der Waals surface area contributed by atoms with Crippen LogP contribution in [0.15, 0.2) is 24.3 Å². The number of amides is 1. The van der Waals surface area contributed by atoms with Crippen molar-refractivity contribution in [3.63, 3.8) is 0 Å². The third-order valence-electron chi connectivity index (χ3n) is 3.34. The highest BCUT2D eigenvalue weighted by atomic mass is 35.5. The van der Waals surface area contributed by atoms with Crippen LogP contribution in [0.2, 0.25) is 10.0 Å². The fourth-order valence-corrected chi connectivity index (χ4v) is 1.67. The van der Waals surface area contributed by atoms with Crippen molar-refractivity contribution in [3.05, 3.63) is 39.9 Å². The van der Waals surface area contributed by atoms with Gasteiger partial charge in [-0.2, -0.15) is 0 Å². The third-order valence-corrected chi connectivity index (χ3v) is 3.92. The fraction of sp³-hybridized carbons (Fsp3) is 0.400. The first-order valence-corrected chi connectivity index (χ1v) is 6.96. The first-order valence-electron chi connectivity index (χ1n) is 6.20. The topological polar surface area (TPSA) is 49.3 Å². The highest BCUT2D eigenvalue weighted by Crippen LogP contribution is 2.22. The van der Waals surface area contributed by atoms with Crippen molar-refractivity contribution in [1.82, 2.24) is 5.32 Å². The van der Waals surface area contributed by atoms with Crippen molar-refractivity contribution in [2.75, 3.05) is 0 Å². The van der Waals surface area contributed by atoms with Gasteiger partial charge in [-0.1, -0.05) is 23.2 Å². The van der Waals surface area contributed by atoms with Gasteiger partial charge in [0.1, 0.15) is 0 Å². The van der Waals surface area contributed by atoms with Crippen LogP contribution < -0.4 is 5.32 Å². The molecule has 0 aliphatic rings. The highest BCUT2D eigenvalue weighted by Gasteiger charge is 2.35. The average Bonchev–Trinajstić information content (AvgIpc) is 2.28. The van der Waals surface area contributed by atoms with Crippen molar-refractivity contribution >= 4 is 35.2 Å². The molecule has 3 nitrogen and oxygen atoms in total. The molecule has 0 heterocycles. The normalized spacial score (nSPS) is 12.8. The molecule has 0 saturated heterocycles.